The van der Waals surface area contributed by atoms with Crippen molar-refractivity contribution < 1.29 is 9.53 Å². The van der Waals surface area contributed by atoms with Crippen molar-refractivity contribution in [3.63, 3.8) is 0 Å². The van der Waals surface area contributed by atoms with E-state index in [1.165, 1.54) is 38.5 Å². The molecule has 2 heteroatoms. The van der Waals surface area contributed by atoms with Gasteiger partial charge in [0, 0.05) is 13.5 Å². The highest BCUT2D eigenvalue weighted by atomic mass is 16.5. The first kappa shape index (κ1) is 15.9. The van der Waals surface area contributed by atoms with Gasteiger partial charge in [-0.05, 0) is 85.0 Å². The van der Waals surface area contributed by atoms with E-state index in [9.17, 15) is 4.79 Å². The zero-order valence-electron chi connectivity index (χ0n) is 15.1. The van der Waals surface area contributed by atoms with Gasteiger partial charge in [-0.15, -0.1) is 0 Å². The number of rotatable bonds is 1. The number of carbonyl (C=O) groups excluding carboxylic acids is 1. The first-order chi connectivity index (χ1) is 10.9. The van der Waals surface area contributed by atoms with Crippen molar-refractivity contribution in [3.05, 3.63) is 12.2 Å². The van der Waals surface area contributed by atoms with Gasteiger partial charge in [-0.2, -0.15) is 0 Å². The molecule has 23 heavy (non-hydrogen) atoms. The topological polar surface area (TPSA) is 26.3 Å². The minimum absolute atomic E-state index is 0.320. The third-order valence-corrected chi connectivity index (χ3v) is 8.68. The average Bonchev–Trinajstić information content (AvgIpc) is 2.85. The number of ketones is 1. The second-order valence-corrected chi connectivity index (χ2v) is 9.41. The summed E-state index contributed by atoms with van der Waals surface area (Å²) >= 11 is 0. The van der Waals surface area contributed by atoms with Crippen molar-refractivity contribution in [2.24, 2.45) is 34.5 Å². The van der Waals surface area contributed by atoms with Crippen LogP contribution in [0.2, 0.25) is 0 Å². The molecule has 0 aromatic carbocycles. The van der Waals surface area contributed by atoms with Crippen LogP contribution < -0.4 is 0 Å². The van der Waals surface area contributed by atoms with Crippen molar-refractivity contribution in [1.82, 2.24) is 0 Å². The number of Topliss-reactive ketones (excluding diaryl/α,β-unsaturated/α-hetero) is 1. The summed E-state index contributed by atoms with van der Waals surface area (Å²) in [5.41, 5.74) is 1.61. The number of hydrogen-bond acceptors (Lipinski definition) is 2. The molecule has 4 aliphatic carbocycles. The summed E-state index contributed by atoms with van der Waals surface area (Å²) in [5, 5.41) is 0. The highest BCUT2D eigenvalue weighted by Crippen LogP contribution is 2.66. The Labute approximate surface area is 141 Å². The van der Waals surface area contributed by atoms with E-state index in [0.29, 0.717) is 28.6 Å². The first-order valence-electron chi connectivity index (χ1n) is 9.64. The Balaban J connectivity index is 1.64. The standard InChI is InChI=1S/C21H32O2/c1-13-12-21(3)14(11-18(13)22)5-6-15-16-7-8-19(23-4)20(16,2)10-9-17(15)21/h14-17,19H,1,5-12H2,2-4H3/t14?,15-,16-,17+,19?,20-,21-/m0/s1. The van der Waals surface area contributed by atoms with Crippen LogP contribution in [0.5, 0.6) is 0 Å². The van der Waals surface area contributed by atoms with Gasteiger partial charge in [0.05, 0.1) is 6.10 Å². The SMILES string of the molecule is C=C1C[C@@]2(C)C(CC[C@@H]3[C@H]2CC[C@]2(C)C(OC)CC[C@@H]32)CC1=O. The lowest BCUT2D eigenvalue weighted by Gasteiger charge is -2.60. The zero-order chi connectivity index (χ0) is 16.4. The molecular formula is C21H32O2. The predicted molar refractivity (Wildman–Crippen MR) is 92.1 cm³/mol. The number of hydrogen-bond donors (Lipinski definition) is 0. The van der Waals surface area contributed by atoms with Crippen LogP contribution in [-0.2, 0) is 9.53 Å². The van der Waals surface area contributed by atoms with Gasteiger partial charge < -0.3 is 4.74 Å². The summed E-state index contributed by atoms with van der Waals surface area (Å²) in [6.07, 6.45) is 9.98. The van der Waals surface area contributed by atoms with Crippen molar-refractivity contribution >= 4 is 5.78 Å². The van der Waals surface area contributed by atoms with Crippen molar-refractivity contribution in [2.75, 3.05) is 7.11 Å². The van der Waals surface area contributed by atoms with Crippen LogP contribution in [0.4, 0.5) is 0 Å². The number of allylic oxidation sites excluding steroid dienone is 1. The Bertz CT molecular complexity index is 538. The fourth-order valence-electron chi connectivity index (χ4n) is 7.41. The van der Waals surface area contributed by atoms with Gasteiger partial charge >= 0.3 is 0 Å². The van der Waals surface area contributed by atoms with Crippen molar-refractivity contribution in [2.45, 2.75) is 71.3 Å². The maximum absolute atomic E-state index is 12.2. The van der Waals surface area contributed by atoms with Crippen molar-refractivity contribution in [3.8, 4) is 0 Å². The van der Waals surface area contributed by atoms with E-state index < -0.39 is 0 Å². The number of methoxy groups -OCH3 is 1. The normalized spacial score (nSPS) is 52.7. The number of fused-ring (bicyclic) bond motifs is 5. The van der Waals surface area contributed by atoms with Crippen LogP contribution >= 0.6 is 0 Å². The summed E-state index contributed by atoms with van der Waals surface area (Å²) in [6.45, 7) is 9.08. The third-order valence-electron chi connectivity index (χ3n) is 8.68. The Kier molecular flexibility index (Phi) is 3.58. The number of carbonyl (C=O) groups is 1. The van der Waals surface area contributed by atoms with Crippen LogP contribution in [0.1, 0.15) is 65.2 Å². The molecule has 7 atom stereocenters. The summed E-state index contributed by atoms with van der Waals surface area (Å²) < 4.78 is 5.87. The molecule has 0 aromatic heterocycles. The van der Waals surface area contributed by atoms with E-state index in [1.807, 2.05) is 7.11 Å². The highest BCUT2D eigenvalue weighted by molar-refractivity contribution is 5.96. The second-order valence-electron chi connectivity index (χ2n) is 9.41. The summed E-state index contributed by atoms with van der Waals surface area (Å²) in [7, 11) is 1.90. The molecule has 2 unspecified atom stereocenters. The lowest BCUT2D eigenvalue weighted by atomic mass is 9.45. The molecule has 0 saturated heterocycles. The van der Waals surface area contributed by atoms with E-state index in [1.54, 1.807) is 0 Å². The lowest BCUT2D eigenvalue weighted by Crippen LogP contribution is -2.54. The van der Waals surface area contributed by atoms with Gasteiger partial charge in [0.25, 0.3) is 0 Å². The fourth-order valence-corrected chi connectivity index (χ4v) is 7.41. The van der Waals surface area contributed by atoms with Gasteiger partial charge in [-0.25, -0.2) is 0 Å². The van der Waals surface area contributed by atoms with E-state index in [0.717, 1.165) is 36.2 Å². The monoisotopic (exact) mass is 316 g/mol. The van der Waals surface area contributed by atoms with Crippen LogP contribution in [0, 0.1) is 34.5 Å². The molecular weight excluding hydrogens is 284 g/mol. The van der Waals surface area contributed by atoms with Crippen LogP contribution in [0.25, 0.3) is 0 Å². The minimum atomic E-state index is 0.320. The molecule has 4 fully saturated rings. The summed E-state index contributed by atoms with van der Waals surface area (Å²) in [4.78, 5) is 12.2. The molecule has 128 valence electrons. The Morgan fingerprint density at radius 1 is 1.04 bits per heavy atom. The third kappa shape index (κ3) is 2.06. The van der Waals surface area contributed by atoms with Gasteiger partial charge in [0.2, 0.25) is 0 Å². The van der Waals surface area contributed by atoms with Gasteiger partial charge in [0.15, 0.2) is 5.78 Å². The molecule has 0 N–H and O–H groups in total. The molecule has 0 spiro atoms. The van der Waals surface area contributed by atoms with E-state index in [2.05, 4.69) is 20.4 Å². The molecule has 0 amide bonds. The molecule has 0 aliphatic heterocycles. The molecule has 0 radical (unpaired) electrons. The van der Waals surface area contributed by atoms with E-state index in [4.69, 9.17) is 4.74 Å². The predicted octanol–water partition coefficient (Wildman–Crippen LogP) is 4.78. The molecule has 4 aliphatic rings. The molecule has 0 aromatic rings. The number of ether oxygens (including phenoxy) is 1. The molecule has 4 saturated carbocycles. The maximum atomic E-state index is 12.2. The quantitative estimate of drug-likeness (QED) is 0.651. The van der Waals surface area contributed by atoms with Gasteiger partial charge in [-0.1, -0.05) is 20.4 Å². The Morgan fingerprint density at radius 2 is 1.78 bits per heavy atom. The van der Waals surface area contributed by atoms with Crippen molar-refractivity contribution in [1.29, 1.82) is 0 Å². The molecule has 4 rings (SSSR count). The first-order valence-corrected chi connectivity index (χ1v) is 9.64. The average molecular weight is 316 g/mol. The molecule has 0 heterocycles. The van der Waals surface area contributed by atoms with Gasteiger partial charge in [-0.3, -0.25) is 4.79 Å². The van der Waals surface area contributed by atoms with E-state index in [-0.39, 0.29) is 0 Å². The van der Waals surface area contributed by atoms with E-state index >= 15 is 0 Å². The lowest BCUT2D eigenvalue weighted by molar-refractivity contribution is -0.136. The Morgan fingerprint density at radius 3 is 2.52 bits per heavy atom. The highest BCUT2D eigenvalue weighted by Gasteiger charge is 2.60. The van der Waals surface area contributed by atoms with Crippen LogP contribution in [0.3, 0.4) is 0 Å². The fraction of sp³-hybridized carbons (Fsp3) is 0.857. The minimum Gasteiger partial charge on any atom is -0.381 e. The van der Waals surface area contributed by atoms with Gasteiger partial charge in [0.1, 0.15) is 0 Å². The summed E-state index contributed by atoms with van der Waals surface area (Å²) in [5.74, 6) is 3.41. The zero-order valence-corrected chi connectivity index (χ0v) is 15.1. The molecule has 0 bridgehead atoms. The maximum Gasteiger partial charge on any atom is 0.158 e. The largest absolute Gasteiger partial charge is 0.381 e. The summed E-state index contributed by atoms with van der Waals surface area (Å²) in [6, 6.07) is 0. The van der Waals surface area contributed by atoms with Crippen LogP contribution in [0.15, 0.2) is 12.2 Å². The molecule has 2 nitrogen and oxygen atoms in total. The van der Waals surface area contributed by atoms with Crippen LogP contribution in [-0.4, -0.2) is 19.0 Å². The smallest absolute Gasteiger partial charge is 0.158 e. The second kappa shape index (κ2) is 5.18. The Hall–Kier alpha value is -0.630.